The van der Waals surface area contributed by atoms with Crippen LogP contribution in [0.5, 0.6) is 11.5 Å². The molecule has 4 heteroatoms. The zero-order valence-electron chi connectivity index (χ0n) is 14.0. The van der Waals surface area contributed by atoms with Gasteiger partial charge >= 0.3 is 0 Å². The van der Waals surface area contributed by atoms with Gasteiger partial charge in [0.25, 0.3) is 0 Å². The Balaban J connectivity index is 2.01. The molecule has 0 bridgehead atoms. The predicted octanol–water partition coefficient (Wildman–Crippen LogP) is 4.37. The first-order chi connectivity index (χ1) is 11.1. The lowest BCUT2D eigenvalue weighted by atomic mass is 10.1. The molecule has 0 saturated heterocycles. The highest BCUT2D eigenvalue weighted by molar-refractivity contribution is 14.1. The zero-order valence-corrected chi connectivity index (χ0v) is 16.2. The SMILES string of the molecule is COc1ccc(CCCN(C)C)cc1COc1ccc(I)cc1. The molecule has 0 aliphatic carbocycles. The molecule has 3 nitrogen and oxygen atoms in total. The van der Waals surface area contributed by atoms with Crippen molar-refractivity contribution >= 4 is 22.6 Å². The van der Waals surface area contributed by atoms with Gasteiger partial charge in [-0.1, -0.05) is 6.07 Å². The molecule has 0 atom stereocenters. The summed E-state index contributed by atoms with van der Waals surface area (Å²) >= 11 is 2.29. The molecule has 0 heterocycles. The second kappa shape index (κ2) is 9.13. The molecule has 0 fully saturated rings. The van der Waals surface area contributed by atoms with E-state index in [4.69, 9.17) is 9.47 Å². The summed E-state index contributed by atoms with van der Waals surface area (Å²) in [5.41, 5.74) is 2.42. The van der Waals surface area contributed by atoms with Crippen LogP contribution in [-0.4, -0.2) is 32.6 Å². The minimum atomic E-state index is 0.519. The number of aryl methyl sites for hydroxylation is 1. The lowest BCUT2D eigenvalue weighted by molar-refractivity contribution is 0.296. The van der Waals surface area contributed by atoms with Crippen molar-refractivity contribution in [3.8, 4) is 11.5 Å². The average Bonchev–Trinajstić information content (AvgIpc) is 2.54. The topological polar surface area (TPSA) is 21.7 Å². The van der Waals surface area contributed by atoms with Gasteiger partial charge in [-0.3, -0.25) is 0 Å². The van der Waals surface area contributed by atoms with E-state index in [2.05, 4.69) is 53.7 Å². The van der Waals surface area contributed by atoms with Gasteiger partial charge in [0, 0.05) is 9.13 Å². The Kier molecular flexibility index (Phi) is 7.17. The van der Waals surface area contributed by atoms with Crippen LogP contribution in [0.25, 0.3) is 0 Å². The molecular weight excluding hydrogens is 401 g/mol. The van der Waals surface area contributed by atoms with Gasteiger partial charge in [-0.2, -0.15) is 0 Å². The summed E-state index contributed by atoms with van der Waals surface area (Å²) in [7, 11) is 5.91. The molecule has 0 aromatic heterocycles. The highest BCUT2D eigenvalue weighted by Crippen LogP contribution is 2.23. The summed E-state index contributed by atoms with van der Waals surface area (Å²) in [6.07, 6.45) is 2.22. The van der Waals surface area contributed by atoms with Crippen LogP contribution in [0.2, 0.25) is 0 Å². The smallest absolute Gasteiger partial charge is 0.125 e. The summed E-state index contributed by atoms with van der Waals surface area (Å²) in [5, 5.41) is 0. The first kappa shape index (κ1) is 18.1. The molecule has 0 aliphatic rings. The molecule has 0 radical (unpaired) electrons. The van der Waals surface area contributed by atoms with Crippen LogP contribution in [0, 0.1) is 3.57 Å². The second-order valence-corrected chi connectivity index (χ2v) is 7.04. The average molecular weight is 425 g/mol. The Morgan fingerprint density at radius 2 is 1.78 bits per heavy atom. The predicted molar refractivity (Wildman–Crippen MR) is 103 cm³/mol. The molecular formula is C19H24INO2. The van der Waals surface area contributed by atoms with Crippen molar-refractivity contribution in [2.45, 2.75) is 19.4 Å². The number of rotatable bonds is 8. The molecule has 2 aromatic rings. The monoisotopic (exact) mass is 425 g/mol. The minimum absolute atomic E-state index is 0.519. The Morgan fingerprint density at radius 3 is 2.43 bits per heavy atom. The Labute approximate surface area is 152 Å². The molecule has 2 aromatic carbocycles. The molecule has 0 unspecified atom stereocenters. The van der Waals surface area contributed by atoms with Crippen molar-refractivity contribution in [3.63, 3.8) is 0 Å². The summed E-state index contributed by atoms with van der Waals surface area (Å²) in [6.45, 7) is 1.62. The van der Waals surface area contributed by atoms with E-state index in [9.17, 15) is 0 Å². The number of ether oxygens (including phenoxy) is 2. The van der Waals surface area contributed by atoms with Crippen LogP contribution >= 0.6 is 22.6 Å². The van der Waals surface area contributed by atoms with Crippen molar-refractivity contribution in [3.05, 3.63) is 57.2 Å². The molecule has 124 valence electrons. The lowest BCUT2D eigenvalue weighted by Gasteiger charge is -2.13. The maximum Gasteiger partial charge on any atom is 0.125 e. The largest absolute Gasteiger partial charge is 0.496 e. The van der Waals surface area contributed by atoms with Gasteiger partial charge in [0.05, 0.1) is 7.11 Å². The molecule has 23 heavy (non-hydrogen) atoms. The summed E-state index contributed by atoms with van der Waals surface area (Å²) in [6, 6.07) is 14.5. The quantitative estimate of drug-likeness (QED) is 0.587. The third-order valence-corrected chi connectivity index (χ3v) is 4.34. The Morgan fingerprint density at radius 1 is 1.04 bits per heavy atom. The first-order valence-corrected chi connectivity index (χ1v) is 8.85. The van der Waals surface area contributed by atoms with Crippen molar-refractivity contribution in [1.29, 1.82) is 0 Å². The van der Waals surface area contributed by atoms with Gasteiger partial charge in [0.1, 0.15) is 18.1 Å². The van der Waals surface area contributed by atoms with Crippen molar-refractivity contribution < 1.29 is 9.47 Å². The van der Waals surface area contributed by atoms with Crippen LogP contribution < -0.4 is 9.47 Å². The van der Waals surface area contributed by atoms with E-state index in [0.29, 0.717) is 6.61 Å². The molecule has 0 spiro atoms. The van der Waals surface area contributed by atoms with Crippen LogP contribution in [0.4, 0.5) is 0 Å². The Hall–Kier alpha value is -1.27. The van der Waals surface area contributed by atoms with E-state index in [1.165, 1.54) is 9.13 Å². The van der Waals surface area contributed by atoms with Gasteiger partial charge in [-0.15, -0.1) is 0 Å². The number of halogens is 1. The third-order valence-electron chi connectivity index (χ3n) is 3.62. The molecule has 0 aliphatic heterocycles. The molecule has 0 saturated carbocycles. The zero-order chi connectivity index (χ0) is 16.7. The summed E-state index contributed by atoms with van der Waals surface area (Å²) in [4.78, 5) is 2.21. The van der Waals surface area contributed by atoms with E-state index in [1.54, 1.807) is 7.11 Å². The number of hydrogen-bond acceptors (Lipinski definition) is 3. The van der Waals surface area contributed by atoms with Crippen LogP contribution in [0.15, 0.2) is 42.5 Å². The van der Waals surface area contributed by atoms with E-state index < -0.39 is 0 Å². The Bertz CT molecular complexity index is 611. The van der Waals surface area contributed by atoms with Crippen molar-refractivity contribution in [1.82, 2.24) is 4.90 Å². The number of benzene rings is 2. The highest BCUT2D eigenvalue weighted by Gasteiger charge is 2.06. The molecule has 0 amide bonds. The third kappa shape index (κ3) is 6.03. The van der Waals surface area contributed by atoms with Crippen LogP contribution in [0.3, 0.4) is 0 Å². The highest BCUT2D eigenvalue weighted by atomic mass is 127. The van der Waals surface area contributed by atoms with Gasteiger partial charge in [0.15, 0.2) is 0 Å². The molecule has 2 rings (SSSR count). The maximum atomic E-state index is 5.90. The standard InChI is InChI=1S/C19H24INO2/c1-21(2)12-4-5-15-6-11-19(22-3)16(13-15)14-23-18-9-7-17(20)8-10-18/h6-11,13H,4-5,12,14H2,1-3H3. The van der Waals surface area contributed by atoms with E-state index in [1.807, 2.05) is 30.3 Å². The van der Waals surface area contributed by atoms with Crippen LogP contribution in [0.1, 0.15) is 17.5 Å². The fraction of sp³-hybridized carbons (Fsp3) is 0.368. The van der Waals surface area contributed by atoms with Crippen molar-refractivity contribution in [2.24, 2.45) is 0 Å². The fourth-order valence-corrected chi connectivity index (χ4v) is 2.75. The van der Waals surface area contributed by atoms with E-state index in [0.717, 1.165) is 36.4 Å². The van der Waals surface area contributed by atoms with Gasteiger partial charge < -0.3 is 14.4 Å². The lowest BCUT2D eigenvalue weighted by Crippen LogP contribution is -2.13. The summed E-state index contributed by atoms with van der Waals surface area (Å²) in [5.74, 6) is 1.76. The molecule has 0 N–H and O–H groups in total. The second-order valence-electron chi connectivity index (χ2n) is 5.80. The number of methoxy groups -OCH3 is 1. The van der Waals surface area contributed by atoms with E-state index >= 15 is 0 Å². The summed E-state index contributed by atoms with van der Waals surface area (Å²) < 4.78 is 12.6. The van der Waals surface area contributed by atoms with E-state index in [-0.39, 0.29) is 0 Å². The number of hydrogen-bond donors (Lipinski definition) is 0. The van der Waals surface area contributed by atoms with Crippen LogP contribution in [-0.2, 0) is 13.0 Å². The number of nitrogens with zero attached hydrogens (tertiary/aromatic N) is 1. The fourth-order valence-electron chi connectivity index (χ4n) is 2.39. The van der Waals surface area contributed by atoms with Gasteiger partial charge in [-0.05, 0) is 98.0 Å². The maximum absolute atomic E-state index is 5.90. The first-order valence-electron chi connectivity index (χ1n) is 7.77. The van der Waals surface area contributed by atoms with Gasteiger partial charge in [0.2, 0.25) is 0 Å². The van der Waals surface area contributed by atoms with Gasteiger partial charge in [-0.25, -0.2) is 0 Å². The minimum Gasteiger partial charge on any atom is -0.496 e. The normalized spacial score (nSPS) is 10.8. The van der Waals surface area contributed by atoms with Crippen molar-refractivity contribution in [2.75, 3.05) is 27.7 Å².